The van der Waals surface area contributed by atoms with Gasteiger partial charge < -0.3 is 4.90 Å². The quantitative estimate of drug-likeness (QED) is 0.656. The smallest absolute Gasteiger partial charge is 0.325 e. The summed E-state index contributed by atoms with van der Waals surface area (Å²) in [5.74, 6) is -4.28. The molecule has 35 heavy (non-hydrogen) atoms. The molecule has 3 aliphatic heterocycles. The van der Waals surface area contributed by atoms with Gasteiger partial charge in [-0.15, -0.1) is 0 Å². The number of hydrogen-bond acceptors (Lipinski definition) is 7. The third kappa shape index (κ3) is 4.69. The summed E-state index contributed by atoms with van der Waals surface area (Å²) in [4.78, 5) is 47.1. The van der Waals surface area contributed by atoms with Crippen LogP contribution in [0.25, 0.3) is 0 Å². The van der Waals surface area contributed by atoms with Crippen LogP contribution >= 0.6 is 0 Å². The Morgan fingerprint density at radius 3 is 2.66 bits per heavy atom. The summed E-state index contributed by atoms with van der Waals surface area (Å²) in [5, 5.41) is 1.51. The van der Waals surface area contributed by atoms with Crippen LogP contribution in [0, 0.1) is 12.8 Å². The molecule has 2 amide bonds. The maximum atomic E-state index is 13.9. The van der Waals surface area contributed by atoms with E-state index in [4.69, 9.17) is 4.84 Å². The fourth-order valence-electron chi connectivity index (χ4n) is 4.90. The Hall–Kier alpha value is -3.21. The van der Waals surface area contributed by atoms with E-state index in [1.54, 1.807) is 6.20 Å². The van der Waals surface area contributed by atoms with Gasteiger partial charge in [0.1, 0.15) is 5.82 Å². The van der Waals surface area contributed by atoms with Crippen molar-refractivity contribution in [2.45, 2.75) is 51.0 Å². The van der Waals surface area contributed by atoms with Gasteiger partial charge in [-0.2, -0.15) is 13.8 Å². The minimum Gasteiger partial charge on any atom is -0.341 e. The summed E-state index contributed by atoms with van der Waals surface area (Å²) < 4.78 is 27.8. The molecule has 3 aliphatic rings. The lowest BCUT2D eigenvalue weighted by Crippen LogP contribution is -2.49. The molecule has 0 unspecified atom stereocenters. The highest BCUT2D eigenvalue weighted by Gasteiger charge is 2.46. The number of anilines is 2. The molecule has 0 saturated carbocycles. The molecule has 5 rings (SSSR count). The van der Waals surface area contributed by atoms with Gasteiger partial charge in [0.15, 0.2) is 0 Å². The van der Waals surface area contributed by atoms with Crippen LogP contribution in [0.15, 0.2) is 30.6 Å². The third-order valence-corrected chi connectivity index (χ3v) is 6.90. The van der Waals surface area contributed by atoms with Crippen molar-refractivity contribution in [2.75, 3.05) is 36.0 Å². The number of carbonyl (C=O) groups excluding carboxylic acids is 2. The standard InChI is InChI=1S/C24H28F2N6O3/c1-16-3-4-18(15-28-16)19-8-14-35-32(19)21(33)17-6-12-30(13-7-17)23-27-10-5-20(29-23)31-11-2-9-24(25,26)22(31)34/h3-5,10,15,17,19H,2,6-9,11-14H2,1H3/t19-/m0/s1. The van der Waals surface area contributed by atoms with Gasteiger partial charge in [-0.3, -0.25) is 24.3 Å². The van der Waals surface area contributed by atoms with Crippen molar-refractivity contribution in [3.8, 4) is 0 Å². The predicted octanol–water partition coefficient (Wildman–Crippen LogP) is 3.06. The molecule has 0 aliphatic carbocycles. The van der Waals surface area contributed by atoms with E-state index in [-0.39, 0.29) is 36.7 Å². The SMILES string of the molecule is Cc1ccc([C@@H]2CCON2C(=O)C2CCN(c3nccc(N4CCCC(F)(F)C4=O)n3)CC2)cn1. The first kappa shape index (κ1) is 23.5. The first-order valence-corrected chi connectivity index (χ1v) is 12.0. The van der Waals surface area contributed by atoms with Crippen LogP contribution in [-0.2, 0) is 14.4 Å². The van der Waals surface area contributed by atoms with Crippen LogP contribution in [0.5, 0.6) is 0 Å². The molecule has 11 heteroatoms. The molecule has 1 atom stereocenters. The maximum absolute atomic E-state index is 13.9. The molecule has 2 aromatic heterocycles. The number of hydroxylamine groups is 2. The van der Waals surface area contributed by atoms with E-state index in [0.29, 0.717) is 38.5 Å². The fourth-order valence-corrected chi connectivity index (χ4v) is 4.90. The van der Waals surface area contributed by atoms with Gasteiger partial charge in [-0.1, -0.05) is 6.07 Å². The monoisotopic (exact) mass is 486 g/mol. The number of pyridine rings is 1. The van der Waals surface area contributed by atoms with E-state index in [1.165, 1.54) is 17.3 Å². The van der Waals surface area contributed by atoms with Crippen molar-refractivity contribution >= 4 is 23.6 Å². The van der Waals surface area contributed by atoms with Crippen LogP contribution in [0.4, 0.5) is 20.5 Å². The number of aryl methyl sites for hydroxylation is 1. The van der Waals surface area contributed by atoms with Gasteiger partial charge in [-0.25, -0.2) is 10.0 Å². The highest BCUT2D eigenvalue weighted by atomic mass is 19.3. The summed E-state index contributed by atoms with van der Waals surface area (Å²) in [5.41, 5.74) is 1.88. The minimum absolute atomic E-state index is 0.0384. The fraction of sp³-hybridized carbons (Fsp3) is 0.542. The van der Waals surface area contributed by atoms with Gasteiger partial charge in [0.2, 0.25) is 11.9 Å². The summed E-state index contributed by atoms with van der Waals surface area (Å²) >= 11 is 0. The topological polar surface area (TPSA) is 91.8 Å². The lowest BCUT2D eigenvalue weighted by Gasteiger charge is -2.35. The number of aromatic nitrogens is 3. The zero-order valence-electron chi connectivity index (χ0n) is 19.6. The van der Waals surface area contributed by atoms with Crippen LogP contribution < -0.4 is 9.80 Å². The molecule has 3 saturated heterocycles. The van der Waals surface area contributed by atoms with Crippen LogP contribution in [0.1, 0.15) is 49.4 Å². The van der Waals surface area contributed by atoms with Crippen LogP contribution in [0.3, 0.4) is 0 Å². The highest BCUT2D eigenvalue weighted by molar-refractivity contribution is 5.98. The first-order valence-electron chi connectivity index (χ1n) is 12.0. The van der Waals surface area contributed by atoms with Gasteiger partial charge in [0.05, 0.1) is 12.6 Å². The average Bonchev–Trinajstić information content (AvgIpc) is 3.36. The van der Waals surface area contributed by atoms with E-state index in [2.05, 4.69) is 15.0 Å². The van der Waals surface area contributed by atoms with Crippen LogP contribution in [-0.4, -0.2) is 64.0 Å². The van der Waals surface area contributed by atoms with Crippen molar-refractivity contribution in [1.82, 2.24) is 20.0 Å². The van der Waals surface area contributed by atoms with Gasteiger partial charge >= 0.3 is 5.92 Å². The number of amides is 2. The third-order valence-electron chi connectivity index (χ3n) is 6.90. The van der Waals surface area contributed by atoms with Gasteiger partial charge in [0, 0.05) is 56.5 Å². The number of piperidine rings is 2. The molecule has 0 aromatic carbocycles. The summed E-state index contributed by atoms with van der Waals surface area (Å²) in [6, 6.07) is 5.25. The summed E-state index contributed by atoms with van der Waals surface area (Å²) in [7, 11) is 0. The Morgan fingerprint density at radius 1 is 1.11 bits per heavy atom. The van der Waals surface area contributed by atoms with Gasteiger partial charge in [-0.05, 0) is 43.9 Å². The maximum Gasteiger partial charge on any atom is 0.325 e. The Morgan fingerprint density at radius 2 is 1.91 bits per heavy atom. The Bertz CT molecular complexity index is 1090. The van der Waals surface area contributed by atoms with E-state index >= 15 is 0 Å². The first-order chi connectivity index (χ1) is 16.8. The van der Waals surface area contributed by atoms with E-state index in [1.807, 2.05) is 24.0 Å². The van der Waals surface area contributed by atoms with E-state index in [0.717, 1.165) is 22.6 Å². The predicted molar refractivity (Wildman–Crippen MR) is 123 cm³/mol. The van der Waals surface area contributed by atoms with Crippen molar-refractivity contribution in [3.63, 3.8) is 0 Å². The molecule has 2 aromatic rings. The molecular formula is C24H28F2N6O3. The molecule has 0 N–H and O–H groups in total. The van der Waals surface area contributed by atoms with Crippen LogP contribution in [0.2, 0.25) is 0 Å². The lowest BCUT2D eigenvalue weighted by atomic mass is 9.95. The Balaban J connectivity index is 1.23. The molecule has 0 radical (unpaired) electrons. The largest absolute Gasteiger partial charge is 0.341 e. The second kappa shape index (κ2) is 9.44. The molecule has 186 valence electrons. The van der Waals surface area contributed by atoms with Gasteiger partial charge in [0.25, 0.3) is 5.91 Å². The number of hydrogen-bond donors (Lipinski definition) is 0. The van der Waals surface area contributed by atoms with Crippen molar-refractivity contribution in [3.05, 3.63) is 41.9 Å². The number of alkyl halides is 2. The average molecular weight is 487 g/mol. The molecule has 3 fully saturated rings. The van der Waals surface area contributed by atoms with Crippen molar-refractivity contribution in [1.29, 1.82) is 0 Å². The molecule has 5 heterocycles. The summed E-state index contributed by atoms with van der Waals surface area (Å²) in [6.07, 6.45) is 4.95. The zero-order valence-corrected chi connectivity index (χ0v) is 19.6. The van der Waals surface area contributed by atoms with Crippen molar-refractivity contribution < 1.29 is 23.2 Å². The molecular weight excluding hydrogens is 458 g/mol. The number of nitrogens with zero attached hydrogens (tertiary/aromatic N) is 6. The Labute approximate surface area is 202 Å². The van der Waals surface area contributed by atoms with E-state index < -0.39 is 18.3 Å². The molecule has 9 nitrogen and oxygen atoms in total. The number of carbonyl (C=O) groups is 2. The summed E-state index contributed by atoms with van der Waals surface area (Å²) in [6.45, 7) is 3.68. The minimum atomic E-state index is -3.37. The number of rotatable bonds is 4. The molecule has 0 bridgehead atoms. The highest BCUT2D eigenvalue weighted by Crippen LogP contribution is 2.34. The zero-order chi connectivity index (χ0) is 24.6. The Kier molecular flexibility index (Phi) is 6.35. The van der Waals surface area contributed by atoms with E-state index in [9.17, 15) is 18.4 Å². The van der Waals surface area contributed by atoms with Crippen molar-refractivity contribution in [2.24, 2.45) is 5.92 Å². The normalized spacial score (nSPS) is 23.1. The second-order valence-corrected chi connectivity index (χ2v) is 9.28. The number of halogens is 2. The molecule has 0 spiro atoms. The second-order valence-electron chi connectivity index (χ2n) is 9.28. The lowest BCUT2D eigenvalue weighted by molar-refractivity contribution is -0.182.